The van der Waals surface area contributed by atoms with Crippen LogP contribution in [0.2, 0.25) is 0 Å². The topological polar surface area (TPSA) is 38.0 Å². The zero-order valence-corrected chi connectivity index (χ0v) is 12.0. The van der Waals surface area contributed by atoms with E-state index in [0.717, 1.165) is 17.8 Å². The maximum absolute atomic E-state index is 5.93. The molecule has 4 unspecified atom stereocenters. The van der Waals surface area contributed by atoms with Gasteiger partial charge >= 0.3 is 0 Å². The predicted octanol–water partition coefficient (Wildman–Crippen LogP) is 3.29. The molecule has 0 radical (unpaired) electrons. The van der Waals surface area contributed by atoms with Gasteiger partial charge in [-0.05, 0) is 67.4 Å². The van der Waals surface area contributed by atoms with E-state index in [0.29, 0.717) is 6.04 Å². The van der Waals surface area contributed by atoms with Gasteiger partial charge in [0.2, 0.25) is 0 Å². The molecule has 0 bridgehead atoms. The summed E-state index contributed by atoms with van der Waals surface area (Å²) in [6.45, 7) is 0. The fraction of sp³-hybridized carbons (Fsp3) is 0.556. The highest BCUT2D eigenvalue weighted by molar-refractivity contribution is 5.41. The van der Waals surface area contributed by atoms with E-state index in [1.807, 2.05) is 0 Å². The van der Waals surface area contributed by atoms with E-state index in [2.05, 4.69) is 35.8 Å². The fourth-order valence-electron chi connectivity index (χ4n) is 4.68. The van der Waals surface area contributed by atoms with Crippen LogP contribution in [0.4, 0.5) is 0 Å². The van der Waals surface area contributed by atoms with Crippen molar-refractivity contribution >= 4 is 0 Å². The quantitative estimate of drug-likeness (QED) is 0.501. The molecule has 3 aliphatic rings. The van der Waals surface area contributed by atoms with Crippen LogP contribution >= 0.6 is 0 Å². The maximum Gasteiger partial charge on any atom is 0.0456 e. The summed E-state index contributed by atoms with van der Waals surface area (Å²) in [6, 6.07) is 9.44. The molecule has 1 aromatic rings. The van der Waals surface area contributed by atoms with Crippen LogP contribution in [-0.4, -0.2) is 6.04 Å². The number of aryl methyl sites for hydroxylation is 1. The van der Waals surface area contributed by atoms with Gasteiger partial charge in [0.25, 0.3) is 0 Å². The number of nitrogens with two attached hydrogens (primary N) is 1. The van der Waals surface area contributed by atoms with Gasteiger partial charge in [0.15, 0.2) is 0 Å². The Hall–Kier alpha value is -1.12. The summed E-state index contributed by atoms with van der Waals surface area (Å²) in [4.78, 5) is 0. The number of fused-ring (bicyclic) bond motifs is 3. The lowest BCUT2D eigenvalue weighted by atomic mass is 9.90. The van der Waals surface area contributed by atoms with Gasteiger partial charge < -0.3 is 0 Å². The van der Waals surface area contributed by atoms with Crippen LogP contribution in [0.15, 0.2) is 35.9 Å². The standard InChI is InChI=1S/C18H24N2/c19-20-18(13-7-2-1-3-8-13)17-15-11-10-12-6-4-5-9-14(12)16(15)17/h4-7,9,15-18,20H,1-3,8,10-11,19H2. The third kappa shape index (κ3) is 1.94. The molecule has 106 valence electrons. The Kier molecular flexibility index (Phi) is 3.16. The van der Waals surface area contributed by atoms with E-state index in [1.165, 1.54) is 38.5 Å². The summed E-state index contributed by atoms with van der Waals surface area (Å²) in [7, 11) is 0. The number of hydrazine groups is 1. The average Bonchev–Trinajstić information content (AvgIpc) is 3.24. The normalized spacial score (nSPS) is 32.9. The Morgan fingerprint density at radius 1 is 1.15 bits per heavy atom. The molecule has 0 aliphatic heterocycles. The molecular formula is C18H24N2. The molecule has 4 atom stereocenters. The van der Waals surface area contributed by atoms with Crippen molar-refractivity contribution in [1.29, 1.82) is 0 Å². The first-order chi connectivity index (χ1) is 9.90. The molecular weight excluding hydrogens is 244 g/mol. The minimum Gasteiger partial charge on any atom is -0.271 e. The van der Waals surface area contributed by atoms with Crippen LogP contribution in [0, 0.1) is 11.8 Å². The van der Waals surface area contributed by atoms with Crippen LogP contribution in [0.25, 0.3) is 0 Å². The van der Waals surface area contributed by atoms with Crippen molar-refractivity contribution in [3.63, 3.8) is 0 Å². The van der Waals surface area contributed by atoms with Gasteiger partial charge in [0.05, 0.1) is 0 Å². The van der Waals surface area contributed by atoms with Gasteiger partial charge in [-0.2, -0.15) is 0 Å². The van der Waals surface area contributed by atoms with E-state index in [9.17, 15) is 0 Å². The third-order valence-electron chi connectivity index (χ3n) is 5.68. The van der Waals surface area contributed by atoms with Gasteiger partial charge in [-0.3, -0.25) is 11.3 Å². The zero-order chi connectivity index (χ0) is 13.5. The Labute approximate surface area is 121 Å². The van der Waals surface area contributed by atoms with Crippen molar-refractivity contribution < 1.29 is 0 Å². The van der Waals surface area contributed by atoms with Crippen LogP contribution in [0.1, 0.15) is 49.1 Å². The van der Waals surface area contributed by atoms with E-state index < -0.39 is 0 Å². The maximum atomic E-state index is 5.93. The number of hydrogen-bond acceptors (Lipinski definition) is 2. The lowest BCUT2D eigenvalue weighted by Crippen LogP contribution is -2.39. The first-order valence-electron chi connectivity index (χ1n) is 8.13. The number of nitrogens with one attached hydrogen (secondary N) is 1. The summed E-state index contributed by atoms with van der Waals surface area (Å²) in [5.74, 6) is 8.27. The molecule has 3 N–H and O–H groups in total. The van der Waals surface area contributed by atoms with Gasteiger partial charge in [-0.15, -0.1) is 0 Å². The summed E-state index contributed by atoms with van der Waals surface area (Å²) in [5, 5.41) is 0. The molecule has 0 heterocycles. The summed E-state index contributed by atoms with van der Waals surface area (Å²) < 4.78 is 0. The summed E-state index contributed by atoms with van der Waals surface area (Å²) in [5.41, 5.74) is 7.91. The average molecular weight is 268 g/mol. The molecule has 1 aromatic carbocycles. The van der Waals surface area contributed by atoms with E-state index in [-0.39, 0.29) is 0 Å². The lowest BCUT2D eigenvalue weighted by molar-refractivity contribution is 0.469. The van der Waals surface area contributed by atoms with Crippen LogP contribution in [0.3, 0.4) is 0 Å². The molecule has 0 spiro atoms. The minimum absolute atomic E-state index is 0.413. The highest BCUT2D eigenvalue weighted by Gasteiger charge is 2.56. The van der Waals surface area contributed by atoms with Crippen LogP contribution in [0.5, 0.6) is 0 Å². The summed E-state index contributed by atoms with van der Waals surface area (Å²) in [6.07, 6.45) is 10.2. The van der Waals surface area contributed by atoms with Crippen molar-refractivity contribution in [2.45, 2.75) is 50.5 Å². The molecule has 0 aromatic heterocycles. The number of hydrogen-bond donors (Lipinski definition) is 2. The number of allylic oxidation sites excluding steroid dienone is 1. The van der Waals surface area contributed by atoms with Crippen LogP contribution in [-0.2, 0) is 6.42 Å². The molecule has 20 heavy (non-hydrogen) atoms. The second kappa shape index (κ2) is 5.01. The Morgan fingerprint density at radius 2 is 2.05 bits per heavy atom. The van der Waals surface area contributed by atoms with Gasteiger partial charge in [0, 0.05) is 6.04 Å². The Bertz CT molecular complexity index is 534. The first kappa shape index (κ1) is 12.6. The lowest BCUT2D eigenvalue weighted by Gasteiger charge is -2.23. The molecule has 4 rings (SSSR count). The highest BCUT2D eigenvalue weighted by atomic mass is 15.2. The van der Waals surface area contributed by atoms with Crippen molar-refractivity contribution in [3.05, 3.63) is 47.0 Å². The monoisotopic (exact) mass is 268 g/mol. The largest absolute Gasteiger partial charge is 0.271 e. The number of rotatable bonds is 3. The second-order valence-corrected chi connectivity index (χ2v) is 6.67. The number of benzene rings is 1. The second-order valence-electron chi connectivity index (χ2n) is 6.67. The molecule has 0 amide bonds. The minimum atomic E-state index is 0.413. The summed E-state index contributed by atoms with van der Waals surface area (Å²) >= 11 is 0. The smallest absolute Gasteiger partial charge is 0.0456 e. The fourth-order valence-corrected chi connectivity index (χ4v) is 4.68. The van der Waals surface area contributed by atoms with Crippen LogP contribution < -0.4 is 11.3 Å². The van der Waals surface area contributed by atoms with E-state index in [4.69, 9.17) is 5.84 Å². The third-order valence-corrected chi connectivity index (χ3v) is 5.68. The van der Waals surface area contributed by atoms with Crippen molar-refractivity contribution in [2.75, 3.05) is 0 Å². The molecule has 0 saturated heterocycles. The van der Waals surface area contributed by atoms with E-state index >= 15 is 0 Å². The molecule has 3 aliphatic carbocycles. The zero-order valence-electron chi connectivity index (χ0n) is 12.0. The molecule has 1 fully saturated rings. The SMILES string of the molecule is NNC(C1=CCCCC1)C1C2CCc3ccccc3C21. The van der Waals surface area contributed by atoms with Gasteiger partial charge in [-0.25, -0.2) is 0 Å². The Balaban J connectivity index is 1.60. The molecule has 2 nitrogen and oxygen atoms in total. The Morgan fingerprint density at radius 3 is 2.85 bits per heavy atom. The van der Waals surface area contributed by atoms with Crippen molar-refractivity contribution in [2.24, 2.45) is 17.7 Å². The van der Waals surface area contributed by atoms with Gasteiger partial charge in [0.1, 0.15) is 0 Å². The van der Waals surface area contributed by atoms with Crippen molar-refractivity contribution in [1.82, 2.24) is 5.43 Å². The molecule has 1 saturated carbocycles. The van der Waals surface area contributed by atoms with Gasteiger partial charge in [-0.1, -0.05) is 35.9 Å². The predicted molar refractivity (Wildman–Crippen MR) is 82.1 cm³/mol. The first-order valence-corrected chi connectivity index (χ1v) is 8.13. The highest BCUT2D eigenvalue weighted by Crippen LogP contribution is 2.62. The molecule has 2 heteroatoms. The van der Waals surface area contributed by atoms with E-state index in [1.54, 1.807) is 16.7 Å². The van der Waals surface area contributed by atoms with Crippen molar-refractivity contribution in [3.8, 4) is 0 Å².